The van der Waals surface area contributed by atoms with Crippen molar-refractivity contribution in [3.63, 3.8) is 0 Å². The minimum absolute atomic E-state index is 0.0541. The van der Waals surface area contributed by atoms with E-state index < -0.39 is 17.5 Å². The van der Waals surface area contributed by atoms with Gasteiger partial charge in [-0.15, -0.1) is 10.2 Å². The number of aryl methyl sites for hydroxylation is 1. The molecule has 1 saturated heterocycles. The van der Waals surface area contributed by atoms with E-state index in [0.717, 1.165) is 32.0 Å². The van der Waals surface area contributed by atoms with E-state index in [1.807, 2.05) is 6.92 Å². The highest BCUT2D eigenvalue weighted by Gasteiger charge is 2.32. The van der Waals surface area contributed by atoms with E-state index in [1.54, 1.807) is 0 Å². The van der Waals surface area contributed by atoms with Crippen LogP contribution >= 0.6 is 0 Å². The molecule has 2 atom stereocenters. The molecule has 0 amide bonds. The second-order valence-electron chi connectivity index (χ2n) is 7.36. The van der Waals surface area contributed by atoms with E-state index in [4.69, 9.17) is 0 Å². The highest BCUT2D eigenvalue weighted by Crippen LogP contribution is 2.37. The zero-order chi connectivity index (χ0) is 21.2. The Bertz CT molecular complexity index is 822. The van der Waals surface area contributed by atoms with Crippen molar-refractivity contribution in [2.24, 2.45) is 0 Å². The van der Waals surface area contributed by atoms with Gasteiger partial charge < -0.3 is 15.5 Å². The number of nitrogens with zero attached hydrogens (tertiary/aromatic N) is 4. The molecule has 1 aliphatic rings. The number of phenolic OH excluding ortho intramolecular Hbond substituents is 1. The summed E-state index contributed by atoms with van der Waals surface area (Å²) in [6.45, 7) is 5.20. The smallest absolute Gasteiger partial charge is 0.416 e. The number of likely N-dealkylation sites (tertiary alicyclic amines) is 1. The summed E-state index contributed by atoms with van der Waals surface area (Å²) < 4.78 is 38.6. The normalized spacial score (nSPS) is 19.2. The van der Waals surface area contributed by atoms with Crippen molar-refractivity contribution < 1.29 is 23.4 Å². The maximum Gasteiger partial charge on any atom is 0.416 e. The molecule has 1 aromatic heterocycles. The second-order valence-corrected chi connectivity index (χ2v) is 7.36. The van der Waals surface area contributed by atoms with Crippen LogP contribution in [0.3, 0.4) is 0 Å². The minimum atomic E-state index is -4.55. The van der Waals surface area contributed by atoms with Gasteiger partial charge in [0, 0.05) is 18.6 Å². The van der Waals surface area contributed by atoms with Crippen LogP contribution in [0.5, 0.6) is 5.75 Å². The van der Waals surface area contributed by atoms with Crippen LogP contribution in [-0.4, -0.2) is 62.1 Å². The molecule has 0 spiro atoms. The third-order valence-electron chi connectivity index (χ3n) is 5.12. The maximum absolute atomic E-state index is 12.9. The molecule has 0 radical (unpaired) electrons. The number of phenols is 1. The largest absolute Gasteiger partial charge is 0.507 e. The van der Waals surface area contributed by atoms with Gasteiger partial charge in [-0.3, -0.25) is 4.90 Å². The van der Waals surface area contributed by atoms with Crippen LogP contribution in [0.4, 0.5) is 19.0 Å². The Balaban J connectivity index is 1.74. The zero-order valence-corrected chi connectivity index (χ0v) is 16.2. The van der Waals surface area contributed by atoms with Crippen LogP contribution in [0.1, 0.15) is 30.9 Å². The number of alkyl halides is 3. The average Bonchev–Trinajstić information content (AvgIpc) is 2.67. The fraction of sp³-hybridized carbons (Fsp3) is 0.526. The van der Waals surface area contributed by atoms with E-state index in [1.165, 1.54) is 13.1 Å². The molecule has 2 aromatic rings. The first-order valence-electron chi connectivity index (χ1n) is 9.41. The van der Waals surface area contributed by atoms with Crippen molar-refractivity contribution in [1.29, 1.82) is 0 Å². The van der Waals surface area contributed by atoms with Gasteiger partial charge in [-0.2, -0.15) is 13.2 Å². The highest BCUT2D eigenvalue weighted by atomic mass is 19.4. The fourth-order valence-electron chi connectivity index (χ4n) is 3.53. The molecule has 1 aliphatic heterocycles. The van der Waals surface area contributed by atoms with Crippen molar-refractivity contribution in [3.8, 4) is 17.1 Å². The Morgan fingerprint density at radius 1 is 1.31 bits per heavy atom. The molecule has 7 nitrogen and oxygen atoms in total. The molecule has 2 unspecified atom stereocenters. The van der Waals surface area contributed by atoms with Crippen LogP contribution < -0.4 is 5.32 Å². The molecule has 0 bridgehead atoms. The molecular weight excluding hydrogens is 387 g/mol. The summed E-state index contributed by atoms with van der Waals surface area (Å²) in [6.07, 6.45) is -1.17. The first kappa shape index (κ1) is 21.3. The average molecular weight is 411 g/mol. The molecule has 1 fully saturated rings. The summed E-state index contributed by atoms with van der Waals surface area (Å²) >= 11 is 0. The number of anilines is 1. The van der Waals surface area contributed by atoms with Crippen LogP contribution in [0.2, 0.25) is 0 Å². The highest BCUT2D eigenvalue weighted by molar-refractivity contribution is 5.68. The van der Waals surface area contributed by atoms with Crippen LogP contribution in [0, 0.1) is 6.92 Å². The van der Waals surface area contributed by atoms with Gasteiger partial charge in [-0.05, 0) is 50.9 Å². The number of aromatic nitrogens is 3. The number of aliphatic hydroxyl groups is 1. The molecule has 29 heavy (non-hydrogen) atoms. The lowest BCUT2D eigenvalue weighted by atomic mass is 10.0. The third-order valence-corrected chi connectivity index (χ3v) is 5.12. The lowest BCUT2D eigenvalue weighted by molar-refractivity contribution is -0.137. The van der Waals surface area contributed by atoms with Crippen molar-refractivity contribution in [2.75, 3.05) is 25.0 Å². The van der Waals surface area contributed by atoms with Crippen LogP contribution in [0.25, 0.3) is 11.4 Å². The lowest BCUT2D eigenvalue weighted by Gasteiger charge is -2.36. The van der Waals surface area contributed by atoms with Crippen molar-refractivity contribution >= 4 is 5.82 Å². The van der Waals surface area contributed by atoms with Crippen molar-refractivity contribution in [2.45, 2.75) is 44.9 Å². The third kappa shape index (κ3) is 4.94. The predicted molar refractivity (Wildman–Crippen MR) is 101 cm³/mol. The van der Waals surface area contributed by atoms with Gasteiger partial charge in [0.2, 0.25) is 0 Å². The predicted octanol–water partition coefficient (Wildman–Crippen LogP) is 2.83. The quantitative estimate of drug-likeness (QED) is 0.697. The van der Waals surface area contributed by atoms with Crippen LogP contribution in [-0.2, 0) is 6.18 Å². The Morgan fingerprint density at radius 3 is 2.66 bits per heavy atom. The molecule has 0 saturated carbocycles. The van der Waals surface area contributed by atoms with Gasteiger partial charge >= 0.3 is 6.18 Å². The van der Waals surface area contributed by atoms with Crippen molar-refractivity contribution in [1.82, 2.24) is 20.1 Å². The van der Waals surface area contributed by atoms with Crippen molar-refractivity contribution in [3.05, 3.63) is 29.5 Å². The monoisotopic (exact) mass is 411 g/mol. The fourth-order valence-corrected chi connectivity index (χ4v) is 3.53. The minimum Gasteiger partial charge on any atom is -0.507 e. The Kier molecular flexibility index (Phi) is 6.23. The molecule has 0 aliphatic carbocycles. The molecule has 3 rings (SSSR count). The SMILES string of the molecule is Cc1cc(C(F)(F)F)cc(O)c1-c1ncc(NC2CCCN(C(C)CO)C2)nn1. The van der Waals surface area contributed by atoms with Crippen LogP contribution in [0.15, 0.2) is 18.3 Å². The number of aliphatic hydroxyl groups excluding tert-OH is 1. The Hall–Kier alpha value is -2.46. The summed E-state index contributed by atoms with van der Waals surface area (Å²) in [7, 11) is 0. The van der Waals surface area contributed by atoms with E-state index in [2.05, 4.69) is 25.4 Å². The van der Waals surface area contributed by atoms with Gasteiger partial charge in [0.15, 0.2) is 11.6 Å². The van der Waals surface area contributed by atoms with Gasteiger partial charge in [-0.25, -0.2) is 4.98 Å². The van der Waals surface area contributed by atoms with E-state index in [-0.39, 0.29) is 35.6 Å². The molecule has 1 aromatic carbocycles. The summed E-state index contributed by atoms with van der Waals surface area (Å²) in [5.74, 6) is -0.0412. The standard InChI is InChI=1S/C19H24F3N5O2/c1-11-6-13(19(20,21)22)7-15(29)17(11)18-23-8-16(25-26-18)24-14-4-3-5-27(9-14)12(2)10-28/h6-8,12,14,28-29H,3-5,9-10H2,1-2H3,(H,24,25). The molecule has 2 heterocycles. The number of piperidine rings is 1. The number of hydrogen-bond acceptors (Lipinski definition) is 7. The summed E-state index contributed by atoms with van der Waals surface area (Å²) in [4.78, 5) is 6.36. The molecule has 3 N–H and O–H groups in total. The number of rotatable bonds is 5. The molecular formula is C19H24F3N5O2. The number of benzene rings is 1. The first-order valence-corrected chi connectivity index (χ1v) is 9.41. The lowest BCUT2D eigenvalue weighted by Crippen LogP contribution is -2.47. The molecule has 10 heteroatoms. The first-order chi connectivity index (χ1) is 13.7. The Morgan fingerprint density at radius 2 is 2.07 bits per heavy atom. The Labute approximate surface area is 166 Å². The van der Waals surface area contributed by atoms with E-state index in [0.29, 0.717) is 11.9 Å². The van der Waals surface area contributed by atoms with Gasteiger partial charge in [0.05, 0.1) is 23.9 Å². The topological polar surface area (TPSA) is 94.4 Å². The number of hydrogen-bond donors (Lipinski definition) is 3. The number of halogens is 3. The van der Waals surface area contributed by atoms with Gasteiger partial charge in [0.1, 0.15) is 5.75 Å². The van der Waals surface area contributed by atoms with E-state index >= 15 is 0 Å². The second kappa shape index (κ2) is 8.50. The number of nitrogens with one attached hydrogen (secondary N) is 1. The van der Waals surface area contributed by atoms with E-state index in [9.17, 15) is 23.4 Å². The maximum atomic E-state index is 12.9. The zero-order valence-electron chi connectivity index (χ0n) is 16.2. The summed E-state index contributed by atoms with van der Waals surface area (Å²) in [6, 6.07) is 1.82. The summed E-state index contributed by atoms with van der Waals surface area (Å²) in [5.41, 5.74) is -0.597. The molecule has 158 valence electrons. The van der Waals surface area contributed by atoms with Gasteiger partial charge in [0.25, 0.3) is 0 Å². The summed E-state index contributed by atoms with van der Waals surface area (Å²) in [5, 5.41) is 30.7. The van der Waals surface area contributed by atoms with Gasteiger partial charge in [-0.1, -0.05) is 0 Å². The number of aromatic hydroxyl groups is 1.